The molecule has 0 saturated carbocycles. The van der Waals surface area contributed by atoms with Crippen LogP contribution in [0.25, 0.3) is 0 Å². The normalized spacial score (nSPS) is 14.8. The molecule has 4 N–H and O–H groups in total. The quantitative estimate of drug-likeness (QED) is 0.528. The van der Waals surface area contributed by atoms with Crippen molar-refractivity contribution in [1.29, 1.82) is 0 Å². The van der Waals surface area contributed by atoms with Gasteiger partial charge in [0.25, 0.3) is 0 Å². The minimum atomic E-state index is -0.336. The third-order valence-corrected chi connectivity index (χ3v) is 2.03. The highest BCUT2D eigenvalue weighted by molar-refractivity contribution is 4.77. The van der Waals surface area contributed by atoms with Gasteiger partial charge in [0.1, 0.15) is 0 Å². The van der Waals surface area contributed by atoms with Gasteiger partial charge in [0, 0.05) is 25.2 Å². The number of aliphatic hydroxyl groups is 1. The third kappa shape index (κ3) is 8.44. The van der Waals surface area contributed by atoms with E-state index in [9.17, 15) is 5.11 Å². The van der Waals surface area contributed by atoms with Crippen molar-refractivity contribution >= 4 is 0 Å². The summed E-state index contributed by atoms with van der Waals surface area (Å²) in [4.78, 5) is 2.10. The maximum atomic E-state index is 9.71. The zero-order chi connectivity index (χ0) is 11.2. The lowest BCUT2D eigenvalue weighted by molar-refractivity contribution is 0.101. The predicted molar refractivity (Wildman–Crippen MR) is 60.3 cm³/mol. The SMILES string of the molecule is CNCCN(C)CC(O)CC(C)(C)N. The molecule has 0 saturated heterocycles. The fourth-order valence-electron chi connectivity index (χ4n) is 1.43. The van der Waals surface area contributed by atoms with Gasteiger partial charge in [-0.15, -0.1) is 0 Å². The van der Waals surface area contributed by atoms with Crippen LogP contribution < -0.4 is 11.1 Å². The summed E-state index contributed by atoms with van der Waals surface area (Å²) < 4.78 is 0. The molecular weight excluding hydrogens is 178 g/mol. The molecule has 0 bridgehead atoms. The van der Waals surface area contributed by atoms with E-state index in [0.717, 1.165) is 13.1 Å². The average molecular weight is 203 g/mol. The molecule has 0 heterocycles. The maximum absolute atomic E-state index is 9.71. The van der Waals surface area contributed by atoms with Crippen molar-refractivity contribution in [3.05, 3.63) is 0 Å². The maximum Gasteiger partial charge on any atom is 0.0684 e. The van der Waals surface area contributed by atoms with Crippen molar-refractivity contribution < 1.29 is 5.11 Å². The van der Waals surface area contributed by atoms with Crippen molar-refractivity contribution in [2.45, 2.75) is 31.9 Å². The smallest absolute Gasteiger partial charge is 0.0684 e. The van der Waals surface area contributed by atoms with E-state index in [0.29, 0.717) is 13.0 Å². The lowest BCUT2D eigenvalue weighted by atomic mass is 9.98. The summed E-state index contributed by atoms with van der Waals surface area (Å²) >= 11 is 0. The molecule has 0 aromatic carbocycles. The summed E-state index contributed by atoms with van der Waals surface area (Å²) in [5.74, 6) is 0. The second-order valence-corrected chi connectivity index (χ2v) is 4.71. The Morgan fingerprint density at radius 2 is 2.07 bits per heavy atom. The van der Waals surface area contributed by atoms with Crippen molar-refractivity contribution in [3.8, 4) is 0 Å². The van der Waals surface area contributed by atoms with Crippen molar-refractivity contribution in [3.63, 3.8) is 0 Å². The Morgan fingerprint density at radius 3 is 2.50 bits per heavy atom. The molecule has 4 heteroatoms. The Balaban J connectivity index is 3.65. The Labute approximate surface area is 87.5 Å². The largest absolute Gasteiger partial charge is 0.392 e. The molecule has 0 radical (unpaired) electrons. The standard InChI is InChI=1S/C10H25N3O/c1-10(2,11)7-9(14)8-13(4)6-5-12-3/h9,12,14H,5-8,11H2,1-4H3. The molecule has 0 aliphatic heterocycles. The zero-order valence-corrected chi connectivity index (χ0v) is 9.88. The summed E-state index contributed by atoms with van der Waals surface area (Å²) in [5.41, 5.74) is 5.53. The third-order valence-electron chi connectivity index (χ3n) is 2.03. The molecule has 0 aromatic rings. The van der Waals surface area contributed by atoms with Gasteiger partial charge >= 0.3 is 0 Å². The summed E-state index contributed by atoms with van der Waals surface area (Å²) in [6.45, 7) is 6.43. The van der Waals surface area contributed by atoms with E-state index in [2.05, 4.69) is 10.2 Å². The first-order valence-electron chi connectivity index (χ1n) is 5.15. The Hall–Kier alpha value is -0.160. The highest BCUT2D eigenvalue weighted by atomic mass is 16.3. The van der Waals surface area contributed by atoms with E-state index in [1.165, 1.54) is 0 Å². The van der Waals surface area contributed by atoms with E-state index >= 15 is 0 Å². The van der Waals surface area contributed by atoms with Crippen molar-refractivity contribution in [2.75, 3.05) is 33.7 Å². The Bertz CT molecular complexity index is 145. The topological polar surface area (TPSA) is 61.5 Å². The van der Waals surface area contributed by atoms with Crippen molar-refractivity contribution in [2.24, 2.45) is 5.73 Å². The van der Waals surface area contributed by atoms with Crippen LogP contribution in [-0.2, 0) is 0 Å². The Morgan fingerprint density at radius 1 is 1.50 bits per heavy atom. The van der Waals surface area contributed by atoms with Gasteiger partial charge < -0.3 is 21.1 Å². The molecule has 0 rings (SSSR count). The summed E-state index contributed by atoms with van der Waals surface area (Å²) in [5, 5.41) is 12.8. The molecule has 0 amide bonds. The molecule has 14 heavy (non-hydrogen) atoms. The molecule has 0 aliphatic rings. The predicted octanol–water partition coefficient (Wildman–Crippen LogP) is -0.374. The molecule has 0 aliphatic carbocycles. The second-order valence-electron chi connectivity index (χ2n) is 4.71. The van der Waals surface area contributed by atoms with E-state index in [-0.39, 0.29) is 11.6 Å². The van der Waals surface area contributed by atoms with Crippen LogP contribution in [0.1, 0.15) is 20.3 Å². The molecular formula is C10H25N3O. The molecule has 4 nitrogen and oxygen atoms in total. The highest BCUT2D eigenvalue weighted by Gasteiger charge is 2.17. The lowest BCUT2D eigenvalue weighted by Gasteiger charge is -2.26. The lowest BCUT2D eigenvalue weighted by Crippen LogP contribution is -2.41. The number of nitrogens with two attached hydrogens (primary N) is 1. The van der Waals surface area contributed by atoms with Gasteiger partial charge in [-0.25, -0.2) is 0 Å². The molecule has 1 unspecified atom stereocenters. The number of nitrogens with one attached hydrogen (secondary N) is 1. The minimum Gasteiger partial charge on any atom is -0.392 e. The number of rotatable bonds is 7. The first kappa shape index (κ1) is 13.8. The van der Waals surface area contributed by atoms with Gasteiger partial charge in [-0.2, -0.15) is 0 Å². The van der Waals surface area contributed by atoms with Gasteiger partial charge in [-0.1, -0.05) is 0 Å². The zero-order valence-electron chi connectivity index (χ0n) is 9.88. The molecule has 0 aromatic heterocycles. The van der Waals surface area contributed by atoms with Crippen molar-refractivity contribution in [1.82, 2.24) is 10.2 Å². The number of hydrogen-bond donors (Lipinski definition) is 3. The average Bonchev–Trinajstić information content (AvgIpc) is 1.96. The van der Waals surface area contributed by atoms with E-state index in [1.54, 1.807) is 0 Å². The molecule has 86 valence electrons. The van der Waals surface area contributed by atoms with E-state index < -0.39 is 0 Å². The highest BCUT2D eigenvalue weighted by Crippen LogP contribution is 2.08. The molecule has 0 spiro atoms. The number of likely N-dealkylation sites (N-methyl/N-ethyl adjacent to an activating group) is 2. The number of aliphatic hydroxyl groups excluding tert-OH is 1. The fraction of sp³-hybridized carbons (Fsp3) is 1.00. The van der Waals surface area contributed by atoms with Crippen LogP contribution in [0.5, 0.6) is 0 Å². The van der Waals surface area contributed by atoms with E-state index in [4.69, 9.17) is 5.73 Å². The molecule has 1 atom stereocenters. The van der Waals surface area contributed by atoms with Gasteiger partial charge in [-0.3, -0.25) is 0 Å². The van der Waals surface area contributed by atoms with Crippen LogP contribution in [-0.4, -0.2) is 55.4 Å². The van der Waals surface area contributed by atoms with Crippen LogP contribution in [0.3, 0.4) is 0 Å². The van der Waals surface area contributed by atoms with Crippen LogP contribution >= 0.6 is 0 Å². The van der Waals surface area contributed by atoms with Crippen LogP contribution in [0, 0.1) is 0 Å². The fourth-order valence-corrected chi connectivity index (χ4v) is 1.43. The van der Waals surface area contributed by atoms with Gasteiger partial charge in [0.2, 0.25) is 0 Å². The number of nitrogens with zero attached hydrogens (tertiary/aromatic N) is 1. The van der Waals surface area contributed by atoms with Gasteiger partial charge in [0.15, 0.2) is 0 Å². The monoisotopic (exact) mass is 203 g/mol. The Kier molecular flexibility index (Phi) is 6.27. The first-order chi connectivity index (χ1) is 6.35. The van der Waals surface area contributed by atoms with Crippen LogP contribution in [0.2, 0.25) is 0 Å². The number of hydrogen-bond acceptors (Lipinski definition) is 4. The minimum absolute atomic E-state index is 0.288. The van der Waals surface area contributed by atoms with Gasteiger partial charge in [-0.05, 0) is 34.4 Å². The van der Waals surface area contributed by atoms with Crippen LogP contribution in [0.15, 0.2) is 0 Å². The summed E-state index contributed by atoms with van der Waals surface area (Å²) in [6.07, 6.45) is 0.300. The van der Waals surface area contributed by atoms with E-state index in [1.807, 2.05) is 27.9 Å². The summed E-state index contributed by atoms with van der Waals surface area (Å²) in [7, 11) is 3.93. The van der Waals surface area contributed by atoms with Crippen LogP contribution in [0.4, 0.5) is 0 Å². The first-order valence-corrected chi connectivity index (χ1v) is 5.15. The summed E-state index contributed by atoms with van der Waals surface area (Å²) in [6, 6.07) is 0. The van der Waals surface area contributed by atoms with Gasteiger partial charge in [0.05, 0.1) is 6.10 Å². The second kappa shape index (κ2) is 6.35. The molecule has 0 fully saturated rings.